The first-order valence-corrected chi connectivity index (χ1v) is 6.97. The van der Waals surface area contributed by atoms with Crippen LogP contribution in [0.3, 0.4) is 0 Å². The molecule has 19 heavy (non-hydrogen) atoms. The van der Waals surface area contributed by atoms with Crippen LogP contribution in [0.15, 0.2) is 18.2 Å². The molecule has 3 nitrogen and oxygen atoms in total. The number of rotatable bonds is 2. The number of carbonyl (C=O) groups excluding carboxylic acids is 1. The van der Waals surface area contributed by atoms with Crippen molar-refractivity contribution >= 4 is 17.5 Å². The first-order chi connectivity index (χ1) is 9.15. The van der Waals surface area contributed by atoms with E-state index in [9.17, 15) is 9.18 Å². The summed E-state index contributed by atoms with van der Waals surface area (Å²) in [6.07, 6.45) is 1.32. The van der Waals surface area contributed by atoms with Gasteiger partial charge >= 0.3 is 0 Å². The Hall–Kier alpha value is -1.13. The van der Waals surface area contributed by atoms with Crippen molar-refractivity contribution in [2.45, 2.75) is 18.9 Å². The largest absolute Gasteiger partial charge is 0.338 e. The van der Waals surface area contributed by atoms with Crippen LogP contribution >= 0.6 is 11.6 Å². The van der Waals surface area contributed by atoms with Gasteiger partial charge in [-0.05, 0) is 30.0 Å². The summed E-state index contributed by atoms with van der Waals surface area (Å²) < 4.78 is 13.0. The van der Waals surface area contributed by atoms with Crippen LogP contribution in [-0.2, 0) is 11.2 Å². The van der Waals surface area contributed by atoms with Crippen molar-refractivity contribution < 1.29 is 9.18 Å². The van der Waals surface area contributed by atoms with Crippen LogP contribution in [0.5, 0.6) is 0 Å². The van der Waals surface area contributed by atoms with Crippen molar-refractivity contribution in [1.29, 1.82) is 0 Å². The van der Waals surface area contributed by atoms with E-state index in [2.05, 4.69) is 5.32 Å². The van der Waals surface area contributed by atoms with E-state index >= 15 is 0 Å². The van der Waals surface area contributed by atoms with Crippen molar-refractivity contribution in [1.82, 2.24) is 10.2 Å². The quantitative estimate of drug-likeness (QED) is 0.898. The fraction of sp³-hybridized carbons (Fsp3) is 0.500. The highest BCUT2D eigenvalue weighted by Crippen LogP contribution is 2.28. The molecule has 2 aliphatic rings. The predicted molar refractivity (Wildman–Crippen MR) is 71.6 cm³/mol. The lowest BCUT2D eigenvalue weighted by atomic mass is 10.0. The van der Waals surface area contributed by atoms with E-state index in [0.29, 0.717) is 22.5 Å². The molecule has 0 spiro atoms. The van der Waals surface area contributed by atoms with Crippen molar-refractivity contribution in [2.24, 2.45) is 5.92 Å². The third kappa shape index (κ3) is 2.47. The third-order valence-corrected chi connectivity index (χ3v) is 4.47. The molecule has 2 atom stereocenters. The van der Waals surface area contributed by atoms with Gasteiger partial charge in [-0.3, -0.25) is 4.79 Å². The molecule has 0 radical (unpaired) electrons. The van der Waals surface area contributed by atoms with Gasteiger partial charge in [-0.25, -0.2) is 4.39 Å². The van der Waals surface area contributed by atoms with Crippen molar-refractivity contribution in [3.05, 3.63) is 34.6 Å². The Balaban J connectivity index is 1.71. The van der Waals surface area contributed by atoms with Crippen molar-refractivity contribution in [3.63, 3.8) is 0 Å². The van der Waals surface area contributed by atoms with Gasteiger partial charge in [0, 0.05) is 30.7 Å². The summed E-state index contributed by atoms with van der Waals surface area (Å²) >= 11 is 5.97. The van der Waals surface area contributed by atoms with E-state index < -0.39 is 0 Å². The molecule has 102 valence electrons. The van der Waals surface area contributed by atoms with Gasteiger partial charge in [-0.2, -0.15) is 0 Å². The van der Waals surface area contributed by atoms with Crippen molar-refractivity contribution in [3.8, 4) is 0 Å². The summed E-state index contributed by atoms with van der Waals surface area (Å²) in [4.78, 5) is 14.3. The molecule has 0 aromatic heterocycles. The molecule has 1 aromatic rings. The Morgan fingerprint density at radius 2 is 2.32 bits per heavy atom. The Bertz CT molecular complexity index is 508. The van der Waals surface area contributed by atoms with Crippen LogP contribution in [-0.4, -0.2) is 36.5 Å². The average molecular weight is 283 g/mol. The molecule has 3 rings (SSSR count). The molecule has 0 aliphatic carbocycles. The lowest BCUT2D eigenvalue weighted by molar-refractivity contribution is -0.131. The van der Waals surface area contributed by atoms with Crippen LogP contribution in [0, 0.1) is 11.7 Å². The second kappa shape index (κ2) is 5.10. The van der Waals surface area contributed by atoms with Gasteiger partial charge in [0.25, 0.3) is 0 Å². The molecule has 5 heteroatoms. The maximum absolute atomic E-state index is 13.0. The second-order valence-electron chi connectivity index (χ2n) is 5.27. The van der Waals surface area contributed by atoms with Crippen LogP contribution in [0.1, 0.15) is 12.0 Å². The highest BCUT2D eigenvalue weighted by molar-refractivity contribution is 6.31. The fourth-order valence-corrected chi connectivity index (χ4v) is 3.32. The van der Waals surface area contributed by atoms with Gasteiger partial charge in [-0.1, -0.05) is 17.7 Å². The van der Waals surface area contributed by atoms with Gasteiger partial charge < -0.3 is 10.2 Å². The van der Waals surface area contributed by atoms with Gasteiger partial charge in [-0.15, -0.1) is 0 Å². The average Bonchev–Trinajstić information content (AvgIpc) is 2.94. The standard InChI is InChI=1S/C14H16ClFN2O/c15-12-6-11(16)2-1-9(12)5-14(19)18-4-3-10-7-17-8-13(10)18/h1-2,6,10,13,17H,3-5,7-8H2/t10-,13+/m0/s1. The number of fused-ring (bicyclic) bond motifs is 1. The number of nitrogens with zero attached hydrogens (tertiary/aromatic N) is 1. The zero-order chi connectivity index (χ0) is 13.4. The zero-order valence-corrected chi connectivity index (χ0v) is 11.3. The minimum Gasteiger partial charge on any atom is -0.338 e. The summed E-state index contributed by atoms with van der Waals surface area (Å²) in [6.45, 7) is 2.72. The number of hydrogen-bond acceptors (Lipinski definition) is 2. The molecular weight excluding hydrogens is 267 g/mol. The SMILES string of the molecule is O=C(Cc1ccc(F)cc1Cl)N1CC[C@H]2CNC[C@H]21. The van der Waals surface area contributed by atoms with E-state index in [0.717, 1.165) is 26.1 Å². The number of halogens is 2. The summed E-state index contributed by atoms with van der Waals surface area (Å²) in [5.74, 6) is 0.305. The summed E-state index contributed by atoms with van der Waals surface area (Å²) in [7, 11) is 0. The van der Waals surface area contributed by atoms with Gasteiger partial charge in [0.1, 0.15) is 5.82 Å². The van der Waals surface area contributed by atoms with Crippen molar-refractivity contribution in [2.75, 3.05) is 19.6 Å². The normalized spacial score (nSPS) is 25.7. The molecule has 2 saturated heterocycles. The van der Waals surface area contributed by atoms with E-state index in [1.807, 2.05) is 4.90 Å². The lowest BCUT2D eigenvalue weighted by Gasteiger charge is -2.23. The summed E-state index contributed by atoms with van der Waals surface area (Å²) in [5, 5.41) is 3.65. The maximum Gasteiger partial charge on any atom is 0.227 e. The van der Waals surface area contributed by atoms with Crippen LogP contribution < -0.4 is 5.32 Å². The number of nitrogens with one attached hydrogen (secondary N) is 1. The maximum atomic E-state index is 13.0. The first kappa shape index (κ1) is 12.9. The summed E-state index contributed by atoms with van der Waals surface area (Å²) in [6, 6.07) is 4.52. The molecule has 0 bridgehead atoms. The topological polar surface area (TPSA) is 32.3 Å². The molecule has 2 aliphatic heterocycles. The van der Waals surface area contributed by atoms with Gasteiger partial charge in [0.15, 0.2) is 0 Å². The van der Waals surface area contributed by atoms with E-state index in [1.54, 1.807) is 6.07 Å². The molecular formula is C14H16ClFN2O. The number of amides is 1. The van der Waals surface area contributed by atoms with Crippen LogP contribution in [0.25, 0.3) is 0 Å². The monoisotopic (exact) mass is 282 g/mol. The highest BCUT2D eigenvalue weighted by atomic mass is 35.5. The minimum atomic E-state index is -0.373. The molecule has 1 amide bonds. The fourth-order valence-electron chi connectivity index (χ4n) is 3.09. The van der Waals surface area contributed by atoms with Gasteiger partial charge in [0.2, 0.25) is 5.91 Å². The first-order valence-electron chi connectivity index (χ1n) is 6.59. The minimum absolute atomic E-state index is 0.0877. The van der Waals surface area contributed by atoms with Gasteiger partial charge in [0.05, 0.1) is 6.42 Å². The van der Waals surface area contributed by atoms with Crippen LogP contribution in [0.2, 0.25) is 5.02 Å². The second-order valence-corrected chi connectivity index (χ2v) is 5.68. The predicted octanol–water partition coefficient (Wildman–Crippen LogP) is 1.84. The molecule has 2 fully saturated rings. The van der Waals surface area contributed by atoms with E-state index in [-0.39, 0.29) is 18.1 Å². The summed E-state index contributed by atoms with van der Waals surface area (Å²) in [5.41, 5.74) is 0.697. The Morgan fingerprint density at radius 1 is 1.47 bits per heavy atom. The van der Waals surface area contributed by atoms with Crippen LogP contribution in [0.4, 0.5) is 4.39 Å². The molecule has 0 saturated carbocycles. The molecule has 1 N–H and O–H groups in total. The molecule has 0 unspecified atom stereocenters. The molecule has 1 aromatic carbocycles. The number of hydrogen-bond donors (Lipinski definition) is 1. The zero-order valence-electron chi connectivity index (χ0n) is 10.5. The number of benzene rings is 1. The number of likely N-dealkylation sites (tertiary alicyclic amines) is 1. The third-order valence-electron chi connectivity index (χ3n) is 4.12. The Morgan fingerprint density at radius 3 is 3.11 bits per heavy atom. The number of carbonyl (C=O) groups is 1. The Labute approximate surface area is 116 Å². The smallest absolute Gasteiger partial charge is 0.227 e. The Kier molecular flexibility index (Phi) is 3.46. The van der Waals surface area contributed by atoms with E-state index in [4.69, 9.17) is 11.6 Å². The molecule has 2 heterocycles. The highest BCUT2D eigenvalue weighted by Gasteiger charge is 2.39. The lowest BCUT2D eigenvalue weighted by Crippen LogP contribution is -2.39. The van der Waals surface area contributed by atoms with E-state index in [1.165, 1.54) is 12.1 Å².